The summed E-state index contributed by atoms with van der Waals surface area (Å²) in [5, 5.41) is 0. The van der Waals surface area contributed by atoms with E-state index in [2.05, 4.69) is 47.2 Å². The van der Waals surface area contributed by atoms with Gasteiger partial charge in [0.15, 0.2) is 0 Å². The van der Waals surface area contributed by atoms with Gasteiger partial charge in [-0.25, -0.2) is 0 Å². The van der Waals surface area contributed by atoms with Crippen LogP contribution in [0, 0.1) is 0 Å². The average molecular weight is 258 g/mol. The van der Waals surface area contributed by atoms with Gasteiger partial charge in [-0.2, -0.15) is 0 Å². The number of hydrogen-bond acceptors (Lipinski definition) is 2. The van der Waals surface area contributed by atoms with Crippen molar-refractivity contribution in [2.24, 2.45) is 0 Å². The SMILES string of the molecule is CN1CC(=O)N2CCCC[C@H]2[C@@H](c2ccccc2)C1. The maximum absolute atomic E-state index is 12.3. The molecule has 2 aliphatic heterocycles. The first-order chi connectivity index (χ1) is 9.25. The Balaban J connectivity index is 1.94. The Morgan fingerprint density at radius 1 is 1.16 bits per heavy atom. The van der Waals surface area contributed by atoms with Crippen LogP contribution in [0.2, 0.25) is 0 Å². The van der Waals surface area contributed by atoms with E-state index in [4.69, 9.17) is 0 Å². The first-order valence-corrected chi connectivity index (χ1v) is 7.28. The predicted molar refractivity (Wildman–Crippen MR) is 76.0 cm³/mol. The lowest BCUT2D eigenvalue weighted by Crippen LogP contribution is -2.46. The van der Waals surface area contributed by atoms with Crippen molar-refractivity contribution in [2.75, 3.05) is 26.7 Å². The summed E-state index contributed by atoms with van der Waals surface area (Å²) in [5.74, 6) is 0.767. The highest BCUT2D eigenvalue weighted by Gasteiger charge is 2.37. The molecule has 0 spiro atoms. The highest BCUT2D eigenvalue weighted by molar-refractivity contribution is 5.79. The van der Waals surface area contributed by atoms with Gasteiger partial charge in [-0.3, -0.25) is 9.69 Å². The van der Waals surface area contributed by atoms with E-state index in [-0.39, 0.29) is 0 Å². The lowest BCUT2D eigenvalue weighted by atomic mass is 9.85. The van der Waals surface area contributed by atoms with Crippen molar-refractivity contribution >= 4 is 5.91 Å². The van der Waals surface area contributed by atoms with Crippen LogP contribution in [0.1, 0.15) is 30.7 Å². The molecule has 3 rings (SSSR count). The number of fused-ring (bicyclic) bond motifs is 1. The number of piperidine rings is 1. The molecule has 102 valence electrons. The number of rotatable bonds is 1. The summed E-state index contributed by atoms with van der Waals surface area (Å²) in [4.78, 5) is 16.6. The Labute approximate surface area is 115 Å². The highest BCUT2D eigenvalue weighted by Crippen LogP contribution is 2.33. The number of amides is 1. The first kappa shape index (κ1) is 12.7. The molecule has 0 N–H and O–H groups in total. The molecule has 0 unspecified atom stereocenters. The van der Waals surface area contributed by atoms with Gasteiger partial charge in [0.25, 0.3) is 0 Å². The van der Waals surface area contributed by atoms with Gasteiger partial charge >= 0.3 is 0 Å². The Hall–Kier alpha value is -1.35. The highest BCUT2D eigenvalue weighted by atomic mass is 16.2. The summed E-state index contributed by atoms with van der Waals surface area (Å²) in [6.45, 7) is 2.50. The maximum Gasteiger partial charge on any atom is 0.237 e. The summed E-state index contributed by atoms with van der Waals surface area (Å²) >= 11 is 0. The van der Waals surface area contributed by atoms with Gasteiger partial charge in [0.1, 0.15) is 0 Å². The van der Waals surface area contributed by atoms with Crippen molar-refractivity contribution in [3.05, 3.63) is 35.9 Å². The molecule has 2 fully saturated rings. The molecule has 0 bridgehead atoms. The predicted octanol–water partition coefficient (Wildman–Crippen LogP) is 2.10. The summed E-state index contributed by atoms with van der Waals surface area (Å²) in [6, 6.07) is 11.1. The molecule has 0 radical (unpaired) electrons. The molecule has 3 nitrogen and oxygen atoms in total. The van der Waals surface area contributed by atoms with Gasteiger partial charge in [0.2, 0.25) is 5.91 Å². The van der Waals surface area contributed by atoms with Crippen molar-refractivity contribution in [3.8, 4) is 0 Å². The average Bonchev–Trinajstić information content (AvgIpc) is 2.57. The largest absolute Gasteiger partial charge is 0.338 e. The topological polar surface area (TPSA) is 23.6 Å². The van der Waals surface area contributed by atoms with Gasteiger partial charge in [-0.15, -0.1) is 0 Å². The Morgan fingerprint density at radius 3 is 2.74 bits per heavy atom. The minimum absolute atomic E-state index is 0.311. The number of hydrogen-bond donors (Lipinski definition) is 0. The van der Waals surface area contributed by atoms with Gasteiger partial charge < -0.3 is 4.90 Å². The molecule has 0 saturated carbocycles. The van der Waals surface area contributed by atoms with Crippen LogP contribution in [-0.2, 0) is 4.79 Å². The minimum Gasteiger partial charge on any atom is -0.338 e. The summed E-state index contributed by atoms with van der Waals surface area (Å²) in [7, 11) is 2.06. The zero-order valence-corrected chi connectivity index (χ0v) is 11.6. The van der Waals surface area contributed by atoms with Crippen LogP contribution in [0.25, 0.3) is 0 Å². The van der Waals surface area contributed by atoms with Crippen molar-refractivity contribution in [1.82, 2.24) is 9.80 Å². The fourth-order valence-electron chi connectivity index (χ4n) is 3.56. The number of carbonyl (C=O) groups is 1. The fourth-order valence-corrected chi connectivity index (χ4v) is 3.56. The Bertz CT molecular complexity index is 445. The molecule has 19 heavy (non-hydrogen) atoms. The van der Waals surface area contributed by atoms with Crippen molar-refractivity contribution in [1.29, 1.82) is 0 Å². The molecular formula is C16H22N2O. The maximum atomic E-state index is 12.3. The second-order valence-electron chi connectivity index (χ2n) is 5.86. The number of carbonyl (C=O) groups excluding carboxylic acids is 1. The van der Waals surface area contributed by atoms with Crippen molar-refractivity contribution < 1.29 is 4.79 Å². The van der Waals surface area contributed by atoms with Gasteiger partial charge in [0.05, 0.1) is 6.54 Å². The molecule has 1 aromatic carbocycles. The first-order valence-electron chi connectivity index (χ1n) is 7.28. The van der Waals surface area contributed by atoms with E-state index < -0.39 is 0 Å². The Kier molecular flexibility index (Phi) is 3.56. The summed E-state index contributed by atoms with van der Waals surface area (Å²) in [6.07, 6.45) is 3.56. The fraction of sp³-hybridized carbons (Fsp3) is 0.562. The monoisotopic (exact) mass is 258 g/mol. The van der Waals surface area contributed by atoms with E-state index in [0.717, 1.165) is 25.9 Å². The Morgan fingerprint density at radius 2 is 1.95 bits per heavy atom. The van der Waals surface area contributed by atoms with Crippen molar-refractivity contribution in [2.45, 2.75) is 31.2 Å². The molecule has 1 amide bonds. The molecule has 0 aromatic heterocycles. The second kappa shape index (κ2) is 5.33. The number of likely N-dealkylation sites (N-methyl/N-ethyl adjacent to an activating group) is 1. The molecular weight excluding hydrogens is 236 g/mol. The van der Waals surface area contributed by atoms with Gasteiger partial charge in [-0.05, 0) is 31.9 Å². The molecule has 3 heteroatoms. The van der Waals surface area contributed by atoms with E-state index in [1.165, 1.54) is 12.0 Å². The number of nitrogens with zero attached hydrogens (tertiary/aromatic N) is 2. The van der Waals surface area contributed by atoms with Gasteiger partial charge in [-0.1, -0.05) is 30.3 Å². The lowest BCUT2D eigenvalue weighted by molar-refractivity contribution is -0.134. The van der Waals surface area contributed by atoms with E-state index in [0.29, 0.717) is 24.4 Å². The molecule has 2 heterocycles. The summed E-state index contributed by atoms with van der Waals surface area (Å²) < 4.78 is 0. The molecule has 2 saturated heterocycles. The minimum atomic E-state index is 0.311. The van der Waals surface area contributed by atoms with E-state index in [9.17, 15) is 4.79 Å². The van der Waals surface area contributed by atoms with E-state index in [1.54, 1.807) is 0 Å². The molecule has 0 aliphatic carbocycles. The zero-order chi connectivity index (χ0) is 13.2. The second-order valence-corrected chi connectivity index (χ2v) is 5.86. The van der Waals surface area contributed by atoms with Gasteiger partial charge in [0, 0.05) is 25.0 Å². The van der Waals surface area contributed by atoms with Crippen LogP contribution in [0.4, 0.5) is 0 Å². The molecule has 2 aliphatic rings. The number of benzene rings is 1. The van der Waals surface area contributed by atoms with Crippen molar-refractivity contribution in [3.63, 3.8) is 0 Å². The third-order valence-corrected chi connectivity index (χ3v) is 4.48. The molecule has 1 aromatic rings. The van der Waals surface area contributed by atoms with Crippen LogP contribution in [-0.4, -0.2) is 48.4 Å². The van der Waals surface area contributed by atoms with E-state index >= 15 is 0 Å². The van der Waals surface area contributed by atoms with Crippen LogP contribution < -0.4 is 0 Å². The van der Waals surface area contributed by atoms with Crippen LogP contribution in [0.3, 0.4) is 0 Å². The third kappa shape index (κ3) is 2.52. The van der Waals surface area contributed by atoms with Crippen LogP contribution in [0.15, 0.2) is 30.3 Å². The smallest absolute Gasteiger partial charge is 0.237 e. The standard InChI is InChI=1S/C16H22N2O/c1-17-11-14(13-7-3-2-4-8-13)15-9-5-6-10-18(15)16(19)12-17/h2-4,7-8,14-15H,5-6,9-12H2,1H3/t14-,15+/m1/s1. The van der Waals surface area contributed by atoms with Crippen LogP contribution in [0.5, 0.6) is 0 Å². The normalized spacial score (nSPS) is 28.9. The van der Waals surface area contributed by atoms with Crippen LogP contribution >= 0.6 is 0 Å². The summed E-state index contributed by atoms with van der Waals surface area (Å²) in [5.41, 5.74) is 1.38. The quantitative estimate of drug-likeness (QED) is 0.770. The lowest BCUT2D eigenvalue weighted by Gasteiger charge is -2.38. The zero-order valence-electron chi connectivity index (χ0n) is 11.6. The molecule has 2 atom stereocenters. The third-order valence-electron chi connectivity index (χ3n) is 4.48. The van der Waals surface area contributed by atoms with E-state index in [1.807, 2.05) is 0 Å².